The Morgan fingerprint density at radius 1 is 0.885 bits per heavy atom. The number of halogens is 4. The second-order valence-corrected chi connectivity index (χ2v) is 6.30. The maximum atomic E-state index is 13.6. The van der Waals surface area contributed by atoms with Crippen molar-refractivity contribution >= 4 is 22.5 Å². The number of nitrogens with zero attached hydrogens (tertiary/aromatic N) is 2. The predicted octanol–water partition coefficient (Wildman–Crippen LogP) is 5.82. The molecule has 0 aliphatic carbocycles. The summed E-state index contributed by atoms with van der Waals surface area (Å²) in [4.78, 5) is 0. The monoisotopic (exact) mass is 372 g/mol. The first-order chi connectivity index (χ1) is 12.5. The lowest BCUT2D eigenvalue weighted by atomic mass is 10.1. The Morgan fingerprint density at radius 2 is 1.65 bits per heavy atom. The summed E-state index contributed by atoms with van der Waals surface area (Å²) in [7, 11) is 0. The molecule has 0 atom stereocenters. The molecule has 3 aromatic carbocycles. The largest absolute Gasteiger partial charge is 0.259 e. The third-order valence-electron chi connectivity index (χ3n) is 4.15. The van der Waals surface area contributed by atoms with Crippen LogP contribution in [0.5, 0.6) is 0 Å². The second-order valence-electron chi connectivity index (χ2n) is 5.90. The van der Waals surface area contributed by atoms with Gasteiger partial charge < -0.3 is 0 Å². The number of hydrogen-bond acceptors (Lipinski definition) is 1. The molecule has 0 saturated heterocycles. The molecule has 0 fully saturated rings. The maximum absolute atomic E-state index is 13.6. The number of hydrogen-bond donors (Lipinski definition) is 0. The minimum atomic E-state index is -0.916. The molecule has 0 amide bonds. The van der Waals surface area contributed by atoms with E-state index in [9.17, 15) is 13.2 Å². The zero-order valence-electron chi connectivity index (χ0n) is 13.4. The minimum absolute atomic E-state index is 0.217. The van der Waals surface area contributed by atoms with Crippen LogP contribution in [0, 0.1) is 17.5 Å². The molecule has 0 radical (unpaired) electrons. The van der Waals surface area contributed by atoms with Gasteiger partial charge in [0.1, 0.15) is 11.3 Å². The van der Waals surface area contributed by atoms with E-state index in [4.69, 9.17) is 11.6 Å². The SMILES string of the molecule is Fc1ccc(-c2c3cccc(Cl)c3nn2Cc2ccc(F)c(F)c2)cc1. The molecule has 0 unspecified atom stereocenters. The Labute approximate surface area is 152 Å². The third kappa shape index (κ3) is 2.95. The summed E-state index contributed by atoms with van der Waals surface area (Å²) in [6, 6.07) is 15.1. The first-order valence-electron chi connectivity index (χ1n) is 7.88. The maximum Gasteiger partial charge on any atom is 0.159 e. The van der Waals surface area contributed by atoms with Gasteiger partial charge in [-0.2, -0.15) is 5.10 Å². The van der Waals surface area contributed by atoms with Gasteiger partial charge in [0.25, 0.3) is 0 Å². The van der Waals surface area contributed by atoms with Crippen LogP contribution >= 0.6 is 11.6 Å². The van der Waals surface area contributed by atoms with Gasteiger partial charge in [0.05, 0.1) is 17.3 Å². The quantitative estimate of drug-likeness (QED) is 0.443. The topological polar surface area (TPSA) is 17.8 Å². The average Bonchev–Trinajstić information content (AvgIpc) is 2.98. The molecule has 0 spiro atoms. The van der Waals surface area contributed by atoms with Crippen molar-refractivity contribution in [2.24, 2.45) is 0 Å². The van der Waals surface area contributed by atoms with Gasteiger partial charge >= 0.3 is 0 Å². The van der Waals surface area contributed by atoms with E-state index in [0.29, 0.717) is 16.1 Å². The van der Waals surface area contributed by atoms with Gasteiger partial charge in [0.2, 0.25) is 0 Å². The lowest BCUT2D eigenvalue weighted by Crippen LogP contribution is -2.04. The van der Waals surface area contributed by atoms with Gasteiger partial charge in [-0.05, 0) is 48.0 Å². The molecule has 0 aliphatic heterocycles. The molecule has 0 N–H and O–H groups in total. The van der Waals surface area contributed by atoms with Crippen LogP contribution in [0.25, 0.3) is 22.2 Å². The molecule has 0 bridgehead atoms. The normalized spacial score (nSPS) is 11.2. The van der Waals surface area contributed by atoms with Crippen molar-refractivity contribution in [2.45, 2.75) is 6.54 Å². The van der Waals surface area contributed by atoms with Crippen LogP contribution in [0.15, 0.2) is 60.7 Å². The zero-order chi connectivity index (χ0) is 18.3. The van der Waals surface area contributed by atoms with E-state index in [0.717, 1.165) is 28.8 Å². The van der Waals surface area contributed by atoms with E-state index in [1.807, 2.05) is 6.07 Å². The summed E-state index contributed by atoms with van der Waals surface area (Å²) in [5.74, 6) is -2.16. The minimum Gasteiger partial charge on any atom is -0.259 e. The first-order valence-corrected chi connectivity index (χ1v) is 8.25. The van der Waals surface area contributed by atoms with Crippen molar-refractivity contribution in [3.8, 4) is 11.3 Å². The van der Waals surface area contributed by atoms with Crippen molar-refractivity contribution in [3.63, 3.8) is 0 Å². The first kappa shape index (κ1) is 16.7. The van der Waals surface area contributed by atoms with Crippen LogP contribution in [-0.4, -0.2) is 9.78 Å². The van der Waals surface area contributed by atoms with Crippen LogP contribution in [-0.2, 0) is 6.54 Å². The van der Waals surface area contributed by atoms with E-state index in [1.54, 1.807) is 28.9 Å². The van der Waals surface area contributed by atoms with Gasteiger partial charge in [-0.1, -0.05) is 29.8 Å². The Kier molecular flexibility index (Phi) is 4.17. The van der Waals surface area contributed by atoms with Crippen LogP contribution in [0.4, 0.5) is 13.2 Å². The molecule has 6 heteroatoms. The van der Waals surface area contributed by atoms with Gasteiger partial charge in [-0.15, -0.1) is 0 Å². The Bertz CT molecular complexity index is 1100. The summed E-state index contributed by atoms with van der Waals surface area (Å²) in [6.45, 7) is 0.217. The lowest BCUT2D eigenvalue weighted by Gasteiger charge is -2.09. The fourth-order valence-electron chi connectivity index (χ4n) is 2.96. The van der Waals surface area contributed by atoms with E-state index in [1.165, 1.54) is 18.2 Å². The highest BCUT2D eigenvalue weighted by Gasteiger charge is 2.16. The Morgan fingerprint density at radius 3 is 2.38 bits per heavy atom. The van der Waals surface area contributed by atoms with Crippen LogP contribution in [0.3, 0.4) is 0 Å². The van der Waals surface area contributed by atoms with Crippen molar-refractivity contribution in [1.82, 2.24) is 9.78 Å². The fourth-order valence-corrected chi connectivity index (χ4v) is 3.17. The average molecular weight is 373 g/mol. The molecule has 26 heavy (non-hydrogen) atoms. The summed E-state index contributed by atoms with van der Waals surface area (Å²) < 4.78 is 41.7. The van der Waals surface area contributed by atoms with Gasteiger partial charge in [0.15, 0.2) is 11.6 Å². The van der Waals surface area contributed by atoms with Crippen LogP contribution in [0.2, 0.25) is 5.02 Å². The van der Waals surface area contributed by atoms with Crippen molar-refractivity contribution in [1.29, 1.82) is 0 Å². The summed E-state index contributed by atoms with van der Waals surface area (Å²) >= 11 is 6.26. The Balaban J connectivity index is 1.90. The smallest absolute Gasteiger partial charge is 0.159 e. The molecule has 1 heterocycles. The van der Waals surface area contributed by atoms with Crippen molar-refractivity contribution in [3.05, 3.63) is 88.7 Å². The molecular formula is C20H12ClF3N2. The lowest BCUT2D eigenvalue weighted by molar-refractivity contribution is 0.506. The molecule has 2 nitrogen and oxygen atoms in total. The summed E-state index contributed by atoms with van der Waals surface area (Å²) in [5.41, 5.74) is 2.62. The standard InChI is InChI=1S/C20H12ClF3N2/c21-16-3-1-2-15-19(16)25-26(11-12-4-9-17(23)18(24)10-12)20(15)13-5-7-14(22)8-6-13/h1-10H,11H2. The fraction of sp³-hybridized carbons (Fsp3) is 0.0500. The molecule has 0 aliphatic rings. The number of aromatic nitrogens is 2. The molecule has 0 saturated carbocycles. The molecule has 1 aromatic heterocycles. The van der Waals surface area contributed by atoms with Crippen LogP contribution in [0.1, 0.15) is 5.56 Å². The number of rotatable bonds is 3. The van der Waals surface area contributed by atoms with Crippen molar-refractivity contribution in [2.75, 3.05) is 0 Å². The highest BCUT2D eigenvalue weighted by molar-refractivity contribution is 6.35. The van der Waals surface area contributed by atoms with E-state index in [-0.39, 0.29) is 12.4 Å². The van der Waals surface area contributed by atoms with Crippen LogP contribution < -0.4 is 0 Å². The zero-order valence-corrected chi connectivity index (χ0v) is 14.1. The number of fused-ring (bicyclic) bond motifs is 1. The molecular weight excluding hydrogens is 361 g/mol. The van der Waals surface area contributed by atoms with Gasteiger partial charge in [-0.3, -0.25) is 4.68 Å². The molecule has 4 rings (SSSR count). The van der Waals surface area contributed by atoms with Crippen molar-refractivity contribution < 1.29 is 13.2 Å². The summed E-state index contributed by atoms with van der Waals surface area (Å²) in [5, 5.41) is 5.81. The molecule has 130 valence electrons. The highest BCUT2D eigenvalue weighted by atomic mass is 35.5. The van der Waals surface area contributed by atoms with Gasteiger partial charge in [-0.25, -0.2) is 13.2 Å². The highest BCUT2D eigenvalue weighted by Crippen LogP contribution is 2.33. The Hall–Kier alpha value is -2.79. The van der Waals surface area contributed by atoms with E-state index >= 15 is 0 Å². The second kappa shape index (κ2) is 6.50. The molecule has 4 aromatic rings. The predicted molar refractivity (Wildman–Crippen MR) is 95.6 cm³/mol. The van der Waals surface area contributed by atoms with E-state index < -0.39 is 11.6 Å². The van der Waals surface area contributed by atoms with E-state index in [2.05, 4.69) is 5.10 Å². The van der Waals surface area contributed by atoms with Gasteiger partial charge in [0, 0.05) is 10.9 Å². The summed E-state index contributed by atoms with van der Waals surface area (Å²) in [6.07, 6.45) is 0. The number of benzene rings is 3. The third-order valence-corrected chi connectivity index (χ3v) is 4.46.